The zero-order valence-electron chi connectivity index (χ0n) is 12.5. The number of nitrogens with one attached hydrogen (secondary N) is 2. The Balaban J connectivity index is 2.26. The monoisotopic (exact) mass is 295 g/mol. The first-order chi connectivity index (χ1) is 10.6. The molecule has 1 aromatic heterocycles. The summed E-state index contributed by atoms with van der Waals surface area (Å²) in [5.74, 6) is 0.259. The number of carbonyl (C=O) groups is 1. The van der Waals surface area contributed by atoms with Crippen molar-refractivity contribution in [3.8, 4) is 17.3 Å². The largest absolute Gasteiger partial charge is 0.287 e. The third-order valence-corrected chi connectivity index (χ3v) is 2.92. The number of hydrazine groups is 1. The molecule has 112 valence electrons. The van der Waals surface area contributed by atoms with Crippen LogP contribution in [-0.4, -0.2) is 22.4 Å². The molecular formula is C16H17N5O. The SMILES string of the molecule is CC(C)CNNC(=O)c1ccccc1-c1ccnc(C#N)n1. The number of benzene rings is 1. The molecule has 2 rings (SSSR count). The Kier molecular flexibility index (Phi) is 5.17. The van der Waals surface area contributed by atoms with Gasteiger partial charge in [-0.3, -0.25) is 10.2 Å². The smallest absolute Gasteiger partial charge is 0.266 e. The van der Waals surface area contributed by atoms with Gasteiger partial charge in [-0.1, -0.05) is 32.0 Å². The van der Waals surface area contributed by atoms with Crippen LogP contribution in [0.2, 0.25) is 0 Å². The van der Waals surface area contributed by atoms with Crippen molar-refractivity contribution in [2.24, 2.45) is 5.92 Å². The van der Waals surface area contributed by atoms with Gasteiger partial charge in [-0.05, 0) is 18.1 Å². The van der Waals surface area contributed by atoms with Crippen molar-refractivity contribution in [1.29, 1.82) is 5.26 Å². The molecule has 6 heteroatoms. The van der Waals surface area contributed by atoms with Gasteiger partial charge in [0, 0.05) is 18.3 Å². The molecule has 0 spiro atoms. The van der Waals surface area contributed by atoms with Gasteiger partial charge >= 0.3 is 0 Å². The second-order valence-electron chi connectivity index (χ2n) is 5.15. The van der Waals surface area contributed by atoms with Crippen LogP contribution in [0.1, 0.15) is 30.0 Å². The number of aromatic nitrogens is 2. The van der Waals surface area contributed by atoms with E-state index in [4.69, 9.17) is 5.26 Å². The number of amides is 1. The Morgan fingerprint density at radius 2 is 2.09 bits per heavy atom. The van der Waals surface area contributed by atoms with E-state index in [1.165, 1.54) is 6.20 Å². The second kappa shape index (κ2) is 7.29. The fourth-order valence-electron chi connectivity index (χ4n) is 1.87. The Hall–Kier alpha value is -2.78. The Labute approximate surface area is 129 Å². The molecule has 2 N–H and O–H groups in total. The first-order valence-corrected chi connectivity index (χ1v) is 6.97. The lowest BCUT2D eigenvalue weighted by molar-refractivity contribution is 0.0932. The molecule has 0 aliphatic heterocycles. The number of carbonyl (C=O) groups excluding carboxylic acids is 1. The molecule has 1 heterocycles. The van der Waals surface area contributed by atoms with Crippen LogP contribution in [0.15, 0.2) is 36.5 Å². The average Bonchev–Trinajstić information content (AvgIpc) is 2.54. The number of rotatable bonds is 5. The maximum Gasteiger partial charge on any atom is 0.266 e. The second-order valence-corrected chi connectivity index (χ2v) is 5.15. The predicted molar refractivity (Wildman–Crippen MR) is 82.5 cm³/mol. The summed E-state index contributed by atoms with van der Waals surface area (Å²) in [6, 6.07) is 10.7. The van der Waals surface area contributed by atoms with E-state index >= 15 is 0 Å². The normalized spacial score (nSPS) is 10.3. The molecular weight excluding hydrogens is 278 g/mol. The molecule has 6 nitrogen and oxygen atoms in total. The summed E-state index contributed by atoms with van der Waals surface area (Å²) in [6.07, 6.45) is 1.51. The lowest BCUT2D eigenvalue weighted by Crippen LogP contribution is -2.39. The molecule has 22 heavy (non-hydrogen) atoms. The molecule has 2 aromatic rings. The third kappa shape index (κ3) is 3.87. The quantitative estimate of drug-likeness (QED) is 0.822. The number of hydrogen-bond donors (Lipinski definition) is 2. The Morgan fingerprint density at radius 1 is 1.32 bits per heavy atom. The van der Waals surface area contributed by atoms with Crippen molar-refractivity contribution in [3.63, 3.8) is 0 Å². The average molecular weight is 295 g/mol. The van der Waals surface area contributed by atoms with Crippen LogP contribution in [0.3, 0.4) is 0 Å². The highest BCUT2D eigenvalue weighted by Crippen LogP contribution is 2.21. The summed E-state index contributed by atoms with van der Waals surface area (Å²) in [4.78, 5) is 20.3. The molecule has 0 aliphatic rings. The fraction of sp³-hybridized carbons (Fsp3) is 0.250. The molecule has 1 amide bonds. The first kappa shape index (κ1) is 15.6. The van der Waals surface area contributed by atoms with Gasteiger partial charge in [0.05, 0.1) is 11.3 Å². The van der Waals surface area contributed by atoms with Gasteiger partial charge < -0.3 is 0 Å². The van der Waals surface area contributed by atoms with Gasteiger partial charge in [0.25, 0.3) is 5.91 Å². The van der Waals surface area contributed by atoms with Crippen LogP contribution in [0, 0.1) is 17.2 Å². The highest BCUT2D eigenvalue weighted by Gasteiger charge is 2.13. The first-order valence-electron chi connectivity index (χ1n) is 6.97. The summed E-state index contributed by atoms with van der Waals surface area (Å²) in [5.41, 5.74) is 7.26. The van der Waals surface area contributed by atoms with E-state index in [-0.39, 0.29) is 11.7 Å². The summed E-state index contributed by atoms with van der Waals surface area (Å²) in [7, 11) is 0. The summed E-state index contributed by atoms with van der Waals surface area (Å²) < 4.78 is 0. The van der Waals surface area contributed by atoms with Gasteiger partial charge in [0.2, 0.25) is 5.82 Å². The van der Waals surface area contributed by atoms with Crippen LogP contribution >= 0.6 is 0 Å². The van der Waals surface area contributed by atoms with Crippen LogP contribution in [0.4, 0.5) is 0 Å². The third-order valence-electron chi connectivity index (χ3n) is 2.92. The van der Waals surface area contributed by atoms with E-state index in [0.717, 1.165) is 0 Å². The minimum Gasteiger partial charge on any atom is -0.287 e. The summed E-state index contributed by atoms with van der Waals surface area (Å²) in [5, 5.41) is 8.89. The summed E-state index contributed by atoms with van der Waals surface area (Å²) >= 11 is 0. The molecule has 0 atom stereocenters. The van der Waals surface area contributed by atoms with E-state index in [2.05, 4.69) is 34.7 Å². The molecule has 0 saturated carbocycles. The van der Waals surface area contributed by atoms with Gasteiger partial charge in [-0.25, -0.2) is 15.4 Å². The minimum atomic E-state index is -0.242. The minimum absolute atomic E-state index is 0.0747. The van der Waals surface area contributed by atoms with Crippen molar-refractivity contribution in [2.75, 3.05) is 6.54 Å². The zero-order valence-corrected chi connectivity index (χ0v) is 12.5. The van der Waals surface area contributed by atoms with E-state index in [0.29, 0.717) is 29.3 Å². The molecule has 0 saturated heterocycles. The van der Waals surface area contributed by atoms with Gasteiger partial charge in [0.15, 0.2) is 0 Å². The lowest BCUT2D eigenvalue weighted by atomic mass is 10.0. The van der Waals surface area contributed by atoms with Crippen molar-refractivity contribution < 1.29 is 4.79 Å². The molecule has 0 bridgehead atoms. The highest BCUT2D eigenvalue weighted by molar-refractivity contribution is 6.00. The van der Waals surface area contributed by atoms with Crippen LogP contribution in [0.5, 0.6) is 0 Å². The molecule has 0 radical (unpaired) electrons. The van der Waals surface area contributed by atoms with Crippen molar-refractivity contribution in [2.45, 2.75) is 13.8 Å². The van der Waals surface area contributed by atoms with Crippen LogP contribution in [-0.2, 0) is 0 Å². The van der Waals surface area contributed by atoms with Crippen LogP contribution in [0.25, 0.3) is 11.3 Å². The number of nitriles is 1. The molecule has 0 unspecified atom stereocenters. The molecule has 1 aromatic carbocycles. The topological polar surface area (TPSA) is 90.7 Å². The lowest BCUT2D eigenvalue weighted by Gasteiger charge is -2.12. The van der Waals surface area contributed by atoms with E-state index in [9.17, 15) is 4.79 Å². The standard InChI is InChI=1S/C16H17N5O/c1-11(2)10-19-21-16(22)13-6-4-3-5-12(13)14-7-8-18-15(9-17)20-14/h3-8,11,19H,10H2,1-2H3,(H,21,22). The zero-order chi connectivity index (χ0) is 15.9. The highest BCUT2D eigenvalue weighted by atomic mass is 16.2. The van der Waals surface area contributed by atoms with E-state index < -0.39 is 0 Å². The van der Waals surface area contributed by atoms with Gasteiger partial charge in [-0.2, -0.15) is 5.26 Å². The van der Waals surface area contributed by atoms with Gasteiger partial charge in [0.1, 0.15) is 6.07 Å². The maximum atomic E-state index is 12.3. The van der Waals surface area contributed by atoms with Crippen LogP contribution < -0.4 is 10.9 Å². The number of nitrogens with zero attached hydrogens (tertiary/aromatic N) is 3. The van der Waals surface area contributed by atoms with E-state index in [1.54, 1.807) is 24.3 Å². The fourth-order valence-corrected chi connectivity index (χ4v) is 1.87. The van der Waals surface area contributed by atoms with E-state index in [1.807, 2.05) is 12.1 Å². The Morgan fingerprint density at radius 3 is 2.82 bits per heavy atom. The number of hydrogen-bond acceptors (Lipinski definition) is 5. The summed E-state index contributed by atoms with van der Waals surface area (Å²) in [6.45, 7) is 4.79. The van der Waals surface area contributed by atoms with Crippen molar-refractivity contribution in [1.82, 2.24) is 20.8 Å². The molecule has 0 aliphatic carbocycles. The predicted octanol–water partition coefficient (Wildman–Crippen LogP) is 1.91. The molecule has 0 fully saturated rings. The van der Waals surface area contributed by atoms with Gasteiger partial charge in [-0.15, -0.1) is 0 Å². The van der Waals surface area contributed by atoms with Crippen molar-refractivity contribution in [3.05, 3.63) is 47.9 Å². The Bertz CT molecular complexity index is 706. The van der Waals surface area contributed by atoms with Crippen molar-refractivity contribution >= 4 is 5.91 Å². The maximum absolute atomic E-state index is 12.3.